The number of amides is 1. The first-order chi connectivity index (χ1) is 13.3. The highest BCUT2D eigenvalue weighted by Gasteiger charge is 2.49. The predicted octanol–water partition coefficient (Wildman–Crippen LogP) is 2.51. The van der Waals surface area contributed by atoms with Gasteiger partial charge in [-0.15, -0.1) is 0 Å². The fraction of sp³-hybridized carbons (Fsp3) is 0.222. The summed E-state index contributed by atoms with van der Waals surface area (Å²) in [5, 5.41) is 11.1. The third kappa shape index (κ3) is 3.52. The molecule has 8 nitrogen and oxygen atoms in total. The van der Waals surface area contributed by atoms with Crippen LogP contribution in [0.25, 0.3) is 0 Å². The van der Waals surface area contributed by atoms with Gasteiger partial charge in [0.05, 0.1) is 22.5 Å². The van der Waals surface area contributed by atoms with Crippen molar-refractivity contribution in [2.45, 2.75) is 11.3 Å². The molecule has 0 aliphatic carbocycles. The number of nitro benzene ring substituents is 1. The van der Waals surface area contributed by atoms with Crippen LogP contribution in [0.1, 0.15) is 10.4 Å². The highest BCUT2D eigenvalue weighted by Crippen LogP contribution is 2.41. The van der Waals surface area contributed by atoms with E-state index in [1.807, 2.05) is 30.3 Å². The van der Waals surface area contributed by atoms with Gasteiger partial charge in [0.15, 0.2) is 15.0 Å². The lowest BCUT2D eigenvalue weighted by molar-refractivity contribution is -0.384. The Balaban J connectivity index is 1.70. The monoisotopic (exact) mass is 417 g/mol. The molecule has 28 heavy (non-hydrogen) atoms. The minimum Gasteiger partial charge on any atom is -0.316 e. The number of thioether (sulfide) groups is 1. The van der Waals surface area contributed by atoms with Crippen molar-refractivity contribution in [2.24, 2.45) is 4.99 Å². The van der Waals surface area contributed by atoms with Crippen LogP contribution < -0.4 is 4.90 Å². The van der Waals surface area contributed by atoms with Crippen LogP contribution >= 0.6 is 11.8 Å². The maximum absolute atomic E-state index is 12.6. The summed E-state index contributed by atoms with van der Waals surface area (Å²) in [6, 6.07) is 14.3. The van der Waals surface area contributed by atoms with Crippen molar-refractivity contribution in [2.75, 3.05) is 16.4 Å². The average Bonchev–Trinajstić information content (AvgIpc) is 3.13. The second-order valence-corrected chi connectivity index (χ2v) is 9.87. The standard InChI is InChI=1S/C18H15N3O5S2/c22-17(12-5-4-8-14(9-12)21(23)24)19-18-20(13-6-2-1-3-7-13)15-10-28(25,26)11-16(15)27-18/h1-9,15-16H,10-11H2/t15-,16-/m0/s1. The van der Waals surface area contributed by atoms with Gasteiger partial charge in [-0.05, 0) is 18.2 Å². The van der Waals surface area contributed by atoms with Gasteiger partial charge in [0, 0.05) is 28.6 Å². The third-order valence-corrected chi connectivity index (χ3v) is 7.81. The molecule has 0 radical (unpaired) electrons. The number of carbonyl (C=O) groups excluding carboxylic acids is 1. The quantitative estimate of drug-likeness (QED) is 0.557. The van der Waals surface area contributed by atoms with Crippen LogP contribution in [0.5, 0.6) is 0 Å². The van der Waals surface area contributed by atoms with Crippen LogP contribution in [0, 0.1) is 10.1 Å². The van der Waals surface area contributed by atoms with Crippen molar-refractivity contribution >= 4 is 44.0 Å². The summed E-state index contributed by atoms with van der Waals surface area (Å²) in [6.07, 6.45) is 0. The molecule has 2 aromatic carbocycles. The smallest absolute Gasteiger partial charge is 0.279 e. The lowest BCUT2D eigenvalue weighted by Gasteiger charge is -2.24. The predicted molar refractivity (Wildman–Crippen MR) is 108 cm³/mol. The van der Waals surface area contributed by atoms with Crippen molar-refractivity contribution < 1.29 is 18.1 Å². The highest BCUT2D eigenvalue weighted by atomic mass is 32.2. The first-order valence-corrected chi connectivity index (χ1v) is 11.1. The topological polar surface area (TPSA) is 110 Å². The molecule has 0 bridgehead atoms. The number of amidine groups is 1. The van der Waals surface area contributed by atoms with E-state index in [0.717, 1.165) is 5.69 Å². The zero-order valence-corrected chi connectivity index (χ0v) is 16.1. The van der Waals surface area contributed by atoms with Crippen molar-refractivity contribution in [3.63, 3.8) is 0 Å². The van der Waals surface area contributed by atoms with Crippen LogP contribution in [0.2, 0.25) is 0 Å². The third-order valence-electron chi connectivity index (χ3n) is 4.60. The van der Waals surface area contributed by atoms with Gasteiger partial charge in [0.2, 0.25) is 0 Å². The van der Waals surface area contributed by atoms with Crippen LogP contribution in [0.15, 0.2) is 59.6 Å². The van der Waals surface area contributed by atoms with Crippen LogP contribution in [0.4, 0.5) is 11.4 Å². The molecular weight excluding hydrogens is 402 g/mol. The number of carbonyl (C=O) groups is 1. The Bertz CT molecular complexity index is 1090. The zero-order chi connectivity index (χ0) is 19.9. The normalized spacial score (nSPS) is 24.3. The number of rotatable bonds is 3. The first-order valence-electron chi connectivity index (χ1n) is 8.43. The van der Waals surface area contributed by atoms with Crippen LogP contribution in [0.3, 0.4) is 0 Å². The van der Waals surface area contributed by atoms with E-state index in [2.05, 4.69) is 4.99 Å². The molecule has 144 valence electrons. The molecule has 0 unspecified atom stereocenters. The number of nitrogens with zero attached hydrogens (tertiary/aromatic N) is 3. The number of hydrogen-bond donors (Lipinski definition) is 0. The highest BCUT2D eigenvalue weighted by molar-refractivity contribution is 8.16. The Kier molecular flexibility index (Phi) is 4.68. The van der Waals surface area contributed by atoms with E-state index in [0.29, 0.717) is 5.17 Å². The molecule has 0 saturated carbocycles. The molecule has 0 spiro atoms. The fourth-order valence-corrected chi connectivity index (χ4v) is 7.27. The van der Waals surface area contributed by atoms with Gasteiger partial charge in [-0.3, -0.25) is 14.9 Å². The SMILES string of the molecule is O=C(N=C1S[C@H]2CS(=O)(=O)C[C@@H]2N1c1ccccc1)c1cccc([N+](=O)[O-])c1. The van der Waals surface area contributed by atoms with Crippen molar-refractivity contribution in [3.05, 3.63) is 70.3 Å². The fourth-order valence-electron chi connectivity index (χ4n) is 3.36. The first kappa shape index (κ1) is 18.6. The van der Waals surface area contributed by atoms with Crippen molar-refractivity contribution in [1.29, 1.82) is 0 Å². The molecular formula is C18H15N3O5S2. The molecule has 0 aromatic heterocycles. The number of hydrogen-bond acceptors (Lipinski definition) is 6. The Morgan fingerprint density at radius 2 is 1.89 bits per heavy atom. The van der Waals surface area contributed by atoms with Gasteiger partial charge >= 0.3 is 0 Å². The van der Waals surface area contributed by atoms with E-state index >= 15 is 0 Å². The zero-order valence-electron chi connectivity index (χ0n) is 14.5. The minimum atomic E-state index is -3.14. The number of aliphatic imine (C=N–C) groups is 1. The largest absolute Gasteiger partial charge is 0.316 e. The lowest BCUT2D eigenvalue weighted by atomic mass is 10.2. The van der Waals surface area contributed by atoms with E-state index in [9.17, 15) is 23.3 Å². The van der Waals surface area contributed by atoms with Gasteiger partial charge < -0.3 is 4.90 Å². The second kappa shape index (κ2) is 7.02. The number of benzene rings is 2. The number of para-hydroxylation sites is 1. The molecule has 2 heterocycles. The Labute approximate surface area is 165 Å². The Hall–Kier alpha value is -2.72. The molecule has 0 N–H and O–H groups in total. The van der Waals surface area contributed by atoms with Gasteiger partial charge in [0.1, 0.15) is 0 Å². The van der Waals surface area contributed by atoms with E-state index in [4.69, 9.17) is 0 Å². The Morgan fingerprint density at radius 3 is 2.61 bits per heavy atom. The van der Waals surface area contributed by atoms with E-state index in [1.54, 1.807) is 4.90 Å². The lowest BCUT2D eigenvalue weighted by Crippen LogP contribution is -2.37. The van der Waals surface area contributed by atoms with E-state index in [-0.39, 0.29) is 34.0 Å². The van der Waals surface area contributed by atoms with Gasteiger partial charge in [-0.2, -0.15) is 4.99 Å². The summed E-state index contributed by atoms with van der Waals surface area (Å²) in [5.74, 6) is -0.561. The molecule has 2 atom stereocenters. The molecule has 2 aliphatic rings. The van der Waals surface area contributed by atoms with Crippen molar-refractivity contribution in [3.8, 4) is 0 Å². The molecule has 4 rings (SSSR count). The Morgan fingerprint density at radius 1 is 1.14 bits per heavy atom. The maximum atomic E-state index is 12.6. The number of fused-ring (bicyclic) bond motifs is 1. The molecule has 1 amide bonds. The van der Waals surface area contributed by atoms with Crippen LogP contribution in [-0.2, 0) is 9.84 Å². The molecule has 2 aliphatic heterocycles. The number of sulfone groups is 1. The average molecular weight is 417 g/mol. The molecule has 2 saturated heterocycles. The van der Waals surface area contributed by atoms with Crippen molar-refractivity contribution in [1.82, 2.24) is 0 Å². The number of non-ortho nitro benzene ring substituents is 1. The molecule has 2 fully saturated rings. The van der Waals surface area contributed by atoms with E-state index < -0.39 is 20.7 Å². The maximum Gasteiger partial charge on any atom is 0.279 e. The number of anilines is 1. The summed E-state index contributed by atoms with van der Waals surface area (Å²) in [5.41, 5.74) is 0.679. The number of nitro groups is 1. The summed E-state index contributed by atoms with van der Waals surface area (Å²) >= 11 is 1.26. The van der Waals surface area contributed by atoms with Gasteiger partial charge in [0.25, 0.3) is 11.6 Å². The minimum absolute atomic E-state index is 0.00355. The summed E-state index contributed by atoms with van der Waals surface area (Å²) in [4.78, 5) is 29.0. The summed E-state index contributed by atoms with van der Waals surface area (Å²) in [6.45, 7) is 0. The summed E-state index contributed by atoms with van der Waals surface area (Å²) in [7, 11) is -3.14. The van der Waals surface area contributed by atoms with Gasteiger partial charge in [-0.1, -0.05) is 36.0 Å². The second-order valence-electron chi connectivity index (χ2n) is 6.51. The molecule has 2 aromatic rings. The van der Waals surface area contributed by atoms with Crippen LogP contribution in [-0.4, -0.2) is 47.2 Å². The molecule has 10 heteroatoms. The van der Waals surface area contributed by atoms with Gasteiger partial charge in [-0.25, -0.2) is 8.42 Å². The summed E-state index contributed by atoms with van der Waals surface area (Å²) < 4.78 is 24.1. The van der Waals surface area contributed by atoms with E-state index in [1.165, 1.54) is 36.0 Å².